The van der Waals surface area contributed by atoms with E-state index in [1.165, 1.54) is 11.3 Å². The Morgan fingerprint density at radius 3 is 2.81 bits per heavy atom. The van der Waals surface area contributed by atoms with E-state index in [9.17, 15) is 19.6 Å². The van der Waals surface area contributed by atoms with Crippen LogP contribution in [0.1, 0.15) is 44.2 Å². The van der Waals surface area contributed by atoms with E-state index in [0.29, 0.717) is 36.6 Å². The highest BCUT2D eigenvalue weighted by Crippen LogP contribution is 2.29. The van der Waals surface area contributed by atoms with Gasteiger partial charge in [0.25, 0.3) is 5.91 Å². The first-order chi connectivity index (χ1) is 12.5. The Hall–Kier alpha value is -2.47. The van der Waals surface area contributed by atoms with Crippen molar-refractivity contribution in [1.29, 1.82) is 5.26 Å². The maximum atomic E-state index is 11.9. The number of aromatic nitrogens is 1. The first-order valence-electron chi connectivity index (χ1n) is 8.64. The third kappa shape index (κ3) is 4.19. The number of nitriles is 1. The highest BCUT2D eigenvalue weighted by atomic mass is 32.1. The summed E-state index contributed by atoms with van der Waals surface area (Å²) in [5, 5.41) is 14.2. The van der Waals surface area contributed by atoms with Crippen LogP contribution in [0.25, 0.3) is 0 Å². The van der Waals surface area contributed by atoms with Gasteiger partial charge < -0.3 is 10.1 Å². The molecule has 2 aliphatic rings. The molecule has 26 heavy (non-hydrogen) atoms. The van der Waals surface area contributed by atoms with Gasteiger partial charge in [-0.25, -0.2) is 4.98 Å². The van der Waals surface area contributed by atoms with Gasteiger partial charge in [0.05, 0.1) is 18.2 Å². The SMILES string of the molecule is N#CC1(NC(=O)COC(=O)Cc2csc(N3CCCC3=O)n2)CCCC1. The van der Waals surface area contributed by atoms with Crippen LogP contribution in [0.3, 0.4) is 0 Å². The number of thiazole rings is 1. The molecule has 2 fully saturated rings. The molecule has 0 spiro atoms. The number of carbonyl (C=O) groups excluding carboxylic acids is 3. The van der Waals surface area contributed by atoms with E-state index < -0.39 is 24.0 Å². The average molecular weight is 376 g/mol. The van der Waals surface area contributed by atoms with Crippen LogP contribution in [-0.2, 0) is 25.5 Å². The molecule has 138 valence electrons. The van der Waals surface area contributed by atoms with Crippen molar-refractivity contribution in [2.24, 2.45) is 0 Å². The summed E-state index contributed by atoms with van der Waals surface area (Å²) in [5.74, 6) is -0.992. The van der Waals surface area contributed by atoms with Crippen molar-refractivity contribution in [2.45, 2.75) is 50.5 Å². The molecular weight excluding hydrogens is 356 g/mol. The Morgan fingerprint density at radius 1 is 1.38 bits per heavy atom. The maximum absolute atomic E-state index is 11.9. The molecule has 2 amide bonds. The van der Waals surface area contributed by atoms with Crippen LogP contribution >= 0.6 is 11.3 Å². The van der Waals surface area contributed by atoms with E-state index in [-0.39, 0.29) is 12.3 Å². The van der Waals surface area contributed by atoms with Gasteiger partial charge in [-0.05, 0) is 32.1 Å². The van der Waals surface area contributed by atoms with Gasteiger partial charge in [-0.1, -0.05) is 0 Å². The van der Waals surface area contributed by atoms with Crippen molar-refractivity contribution < 1.29 is 19.1 Å². The second-order valence-electron chi connectivity index (χ2n) is 6.56. The first-order valence-corrected chi connectivity index (χ1v) is 9.52. The molecule has 9 heteroatoms. The topological polar surface area (TPSA) is 112 Å². The van der Waals surface area contributed by atoms with Crippen molar-refractivity contribution in [3.8, 4) is 6.07 Å². The number of anilines is 1. The van der Waals surface area contributed by atoms with E-state index in [0.717, 1.165) is 19.3 Å². The molecular formula is C17H20N4O4S. The fraction of sp³-hybridized carbons (Fsp3) is 0.588. The molecule has 1 aliphatic carbocycles. The lowest BCUT2D eigenvalue weighted by Crippen LogP contribution is -2.46. The summed E-state index contributed by atoms with van der Waals surface area (Å²) in [5.41, 5.74) is -0.311. The lowest BCUT2D eigenvalue weighted by Gasteiger charge is -2.21. The summed E-state index contributed by atoms with van der Waals surface area (Å²) in [6.07, 6.45) is 4.33. The highest BCUT2D eigenvalue weighted by Gasteiger charge is 2.35. The van der Waals surface area contributed by atoms with Gasteiger partial charge in [-0.2, -0.15) is 5.26 Å². The monoisotopic (exact) mass is 376 g/mol. The third-order valence-electron chi connectivity index (χ3n) is 4.58. The predicted molar refractivity (Wildman–Crippen MR) is 93.3 cm³/mol. The number of ether oxygens (including phenoxy) is 1. The van der Waals surface area contributed by atoms with Gasteiger partial charge in [-0.15, -0.1) is 11.3 Å². The molecule has 8 nitrogen and oxygen atoms in total. The number of nitrogens with one attached hydrogen (secondary N) is 1. The summed E-state index contributed by atoms with van der Waals surface area (Å²) in [7, 11) is 0. The Labute approximate surface area is 155 Å². The van der Waals surface area contributed by atoms with Crippen LogP contribution in [0.5, 0.6) is 0 Å². The zero-order valence-electron chi connectivity index (χ0n) is 14.3. The summed E-state index contributed by atoms with van der Waals surface area (Å²) in [4.78, 5) is 41.5. The van der Waals surface area contributed by atoms with Crippen molar-refractivity contribution in [3.63, 3.8) is 0 Å². The molecule has 0 radical (unpaired) electrons. The number of hydrogen-bond donors (Lipinski definition) is 1. The van der Waals surface area contributed by atoms with Gasteiger partial charge in [0.1, 0.15) is 5.54 Å². The lowest BCUT2D eigenvalue weighted by atomic mass is 10.00. The minimum absolute atomic E-state index is 0.0449. The third-order valence-corrected chi connectivity index (χ3v) is 5.50. The molecule has 2 heterocycles. The second kappa shape index (κ2) is 7.83. The highest BCUT2D eigenvalue weighted by molar-refractivity contribution is 7.14. The average Bonchev–Trinajstić information content (AvgIpc) is 3.35. The van der Waals surface area contributed by atoms with Crippen molar-refractivity contribution in [1.82, 2.24) is 10.3 Å². The number of rotatable bonds is 6. The summed E-state index contributed by atoms with van der Waals surface area (Å²) in [6.45, 7) is 0.237. The summed E-state index contributed by atoms with van der Waals surface area (Å²) >= 11 is 1.31. The van der Waals surface area contributed by atoms with E-state index >= 15 is 0 Å². The smallest absolute Gasteiger partial charge is 0.312 e. The van der Waals surface area contributed by atoms with Gasteiger partial charge in [0.2, 0.25) is 5.91 Å². The van der Waals surface area contributed by atoms with Crippen LogP contribution in [-0.4, -0.2) is 41.5 Å². The van der Waals surface area contributed by atoms with Crippen molar-refractivity contribution >= 4 is 34.3 Å². The molecule has 1 saturated heterocycles. The lowest BCUT2D eigenvalue weighted by molar-refractivity contribution is -0.148. The molecule has 1 saturated carbocycles. The summed E-state index contributed by atoms with van der Waals surface area (Å²) in [6, 6.07) is 2.16. The molecule has 0 atom stereocenters. The maximum Gasteiger partial charge on any atom is 0.312 e. The zero-order chi connectivity index (χ0) is 18.6. The zero-order valence-corrected chi connectivity index (χ0v) is 15.1. The Balaban J connectivity index is 1.46. The number of carbonyl (C=O) groups is 3. The van der Waals surface area contributed by atoms with Crippen LogP contribution in [0.2, 0.25) is 0 Å². The molecule has 1 aliphatic heterocycles. The first kappa shape index (κ1) is 18.3. The van der Waals surface area contributed by atoms with Gasteiger partial charge in [0, 0.05) is 18.3 Å². The van der Waals surface area contributed by atoms with Gasteiger partial charge >= 0.3 is 5.97 Å². The molecule has 1 N–H and O–H groups in total. The largest absolute Gasteiger partial charge is 0.455 e. The second-order valence-corrected chi connectivity index (χ2v) is 7.39. The van der Waals surface area contributed by atoms with E-state index in [4.69, 9.17) is 4.74 Å². The molecule has 1 aromatic rings. The molecule has 3 rings (SSSR count). The summed E-state index contributed by atoms with van der Waals surface area (Å²) < 4.78 is 4.99. The van der Waals surface area contributed by atoms with Crippen LogP contribution in [0.15, 0.2) is 5.38 Å². The Bertz CT molecular complexity index is 748. The number of hydrogen-bond acceptors (Lipinski definition) is 7. The van der Waals surface area contributed by atoms with Crippen molar-refractivity contribution in [3.05, 3.63) is 11.1 Å². The molecule has 0 bridgehead atoms. The standard InChI is InChI=1S/C17H20N4O4S/c18-11-17(5-1-2-6-17)20-13(22)9-25-15(24)8-12-10-26-16(19-12)21-7-3-4-14(21)23/h10H,1-9H2,(H,20,22). The van der Waals surface area contributed by atoms with Crippen molar-refractivity contribution in [2.75, 3.05) is 18.1 Å². The van der Waals surface area contributed by atoms with Crippen LogP contribution < -0.4 is 10.2 Å². The van der Waals surface area contributed by atoms with Crippen LogP contribution in [0, 0.1) is 11.3 Å². The molecule has 0 unspecified atom stereocenters. The van der Waals surface area contributed by atoms with Crippen LogP contribution in [0.4, 0.5) is 5.13 Å². The predicted octanol–water partition coefficient (Wildman–Crippen LogP) is 1.31. The Kier molecular flexibility index (Phi) is 5.52. The minimum atomic E-state index is -0.824. The number of amides is 2. The Morgan fingerprint density at radius 2 is 2.15 bits per heavy atom. The normalized spacial score (nSPS) is 18.6. The van der Waals surface area contributed by atoms with Gasteiger partial charge in [0.15, 0.2) is 11.7 Å². The molecule has 1 aromatic heterocycles. The minimum Gasteiger partial charge on any atom is -0.455 e. The fourth-order valence-electron chi connectivity index (χ4n) is 3.24. The number of nitrogens with zero attached hydrogens (tertiary/aromatic N) is 3. The fourth-order valence-corrected chi connectivity index (χ4v) is 4.11. The van der Waals surface area contributed by atoms with E-state index in [1.54, 1.807) is 10.3 Å². The quantitative estimate of drug-likeness (QED) is 0.749. The van der Waals surface area contributed by atoms with Gasteiger partial charge in [-0.3, -0.25) is 19.3 Å². The molecule has 0 aromatic carbocycles. The van der Waals surface area contributed by atoms with E-state index in [1.807, 2.05) is 0 Å². The number of esters is 1. The van der Waals surface area contributed by atoms with E-state index in [2.05, 4.69) is 16.4 Å².